The van der Waals surface area contributed by atoms with Crippen LogP contribution in [0.5, 0.6) is 0 Å². The highest BCUT2D eigenvalue weighted by Crippen LogP contribution is 2.40. The second-order valence-electron chi connectivity index (χ2n) is 7.53. The van der Waals surface area contributed by atoms with Crippen LogP contribution in [0.4, 0.5) is 5.69 Å². The van der Waals surface area contributed by atoms with Crippen LogP contribution in [0.1, 0.15) is 46.1 Å². The zero-order valence-corrected chi connectivity index (χ0v) is 17.4. The molecule has 152 valence electrons. The van der Waals surface area contributed by atoms with E-state index in [4.69, 9.17) is 4.98 Å². The van der Waals surface area contributed by atoms with E-state index in [9.17, 15) is 13.2 Å². The van der Waals surface area contributed by atoms with E-state index in [1.165, 1.54) is 0 Å². The number of pyridine rings is 1. The molecule has 0 radical (unpaired) electrons. The number of carbonyl (C=O) groups excluding carboxylic acids is 1. The molecule has 4 rings (SSSR count). The third-order valence-corrected chi connectivity index (χ3v) is 5.52. The molecule has 1 amide bonds. The Morgan fingerprint density at radius 3 is 2.72 bits per heavy atom. The minimum atomic E-state index is -3.36. The van der Waals surface area contributed by atoms with Gasteiger partial charge in [0.15, 0.2) is 5.65 Å². The van der Waals surface area contributed by atoms with Gasteiger partial charge in [0.05, 0.1) is 22.9 Å². The van der Waals surface area contributed by atoms with Crippen molar-refractivity contribution in [3.05, 3.63) is 52.8 Å². The lowest BCUT2D eigenvalue weighted by Crippen LogP contribution is -2.23. The molecule has 0 aliphatic heterocycles. The number of aryl methyl sites for hydroxylation is 2. The van der Waals surface area contributed by atoms with E-state index < -0.39 is 10.0 Å². The van der Waals surface area contributed by atoms with Gasteiger partial charge in [0.2, 0.25) is 10.0 Å². The van der Waals surface area contributed by atoms with Crippen molar-refractivity contribution in [3.63, 3.8) is 0 Å². The maximum absolute atomic E-state index is 13.0. The lowest BCUT2D eigenvalue weighted by Gasteiger charge is -2.10. The van der Waals surface area contributed by atoms with Crippen molar-refractivity contribution in [1.82, 2.24) is 20.1 Å². The van der Waals surface area contributed by atoms with Gasteiger partial charge in [-0.3, -0.25) is 14.2 Å². The summed E-state index contributed by atoms with van der Waals surface area (Å²) < 4.78 is 27.0. The first-order chi connectivity index (χ1) is 13.7. The van der Waals surface area contributed by atoms with Gasteiger partial charge in [-0.15, -0.1) is 0 Å². The van der Waals surface area contributed by atoms with Gasteiger partial charge >= 0.3 is 0 Å². The van der Waals surface area contributed by atoms with Gasteiger partial charge in [-0.1, -0.05) is 12.1 Å². The number of sulfonamides is 1. The van der Waals surface area contributed by atoms with Crippen LogP contribution < -0.4 is 10.0 Å². The number of aromatic nitrogens is 3. The van der Waals surface area contributed by atoms with Crippen LogP contribution >= 0.6 is 0 Å². The highest BCUT2D eigenvalue weighted by molar-refractivity contribution is 7.92. The first kappa shape index (κ1) is 19.4. The quantitative estimate of drug-likeness (QED) is 0.646. The molecule has 1 fully saturated rings. The van der Waals surface area contributed by atoms with E-state index in [2.05, 4.69) is 15.1 Å². The monoisotopic (exact) mass is 413 g/mol. The first-order valence-corrected chi connectivity index (χ1v) is 11.3. The third kappa shape index (κ3) is 4.24. The molecule has 2 aromatic heterocycles. The Morgan fingerprint density at radius 2 is 2.03 bits per heavy atom. The number of carbonyl (C=O) groups is 1. The molecule has 0 bridgehead atoms. The minimum Gasteiger partial charge on any atom is -0.348 e. The summed E-state index contributed by atoms with van der Waals surface area (Å²) in [5.74, 6) is 0.219. The van der Waals surface area contributed by atoms with Gasteiger partial charge in [0.1, 0.15) is 0 Å². The van der Waals surface area contributed by atoms with E-state index in [0.717, 1.165) is 47.1 Å². The van der Waals surface area contributed by atoms with Crippen molar-refractivity contribution in [2.45, 2.75) is 32.2 Å². The van der Waals surface area contributed by atoms with E-state index in [1.807, 2.05) is 26.1 Å². The summed E-state index contributed by atoms with van der Waals surface area (Å²) in [6.07, 6.45) is 3.29. The molecule has 3 aromatic rings. The SMILES string of the molecule is Cc1nn(C)c2nc(C3CC3)cc(C(=O)NCc3cccc(NS(C)(=O)=O)c3)c12. The standard InChI is InChI=1S/C20H23N5O3S/c1-12-18-16(10-17(14-7-8-14)22-19(18)25(2)23-12)20(26)21-11-13-5-4-6-15(9-13)24-29(3,27)28/h4-6,9-10,14,24H,7-8,11H2,1-3H3,(H,21,26). The van der Waals surface area contributed by atoms with Crippen molar-refractivity contribution in [2.75, 3.05) is 11.0 Å². The largest absolute Gasteiger partial charge is 0.348 e. The average molecular weight is 414 g/mol. The lowest BCUT2D eigenvalue weighted by atomic mass is 10.1. The van der Waals surface area contributed by atoms with Crippen LogP contribution in [-0.4, -0.2) is 35.3 Å². The molecule has 1 saturated carbocycles. The zero-order valence-electron chi connectivity index (χ0n) is 16.6. The molecular weight excluding hydrogens is 390 g/mol. The van der Waals surface area contributed by atoms with E-state index in [-0.39, 0.29) is 12.5 Å². The Balaban J connectivity index is 1.59. The molecule has 0 atom stereocenters. The van der Waals surface area contributed by atoms with Crippen molar-refractivity contribution < 1.29 is 13.2 Å². The smallest absolute Gasteiger partial charge is 0.252 e. The summed E-state index contributed by atoms with van der Waals surface area (Å²) in [5.41, 5.74) is 4.25. The molecule has 1 aromatic carbocycles. The van der Waals surface area contributed by atoms with Crippen LogP contribution in [0.2, 0.25) is 0 Å². The fourth-order valence-electron chi connectivity index (χ4n) is 3.47. The summed E-state index contributed by atoms with van der Waals surface area (Å²) in [7, 11) is -1.52. The predicted molar refractivity (Wildman–Crippen MR) is 111 cm³/mol. The van der Waals surface area contributed by atoms with Crippen molar-refractivity contribution in [1.29, 1.82) is 0 Å². The molecule has 0 saturated heterocycles. The van der Waals surface area contributed by atoms with Crippen LogP contribution in [-0.2, 0) is 23.6 Å². The number of hydrogen-bond donors (Lipinski definition) is 2. The summed E-state index contributed by atoms with van der Waals surface area (Å²) in [6.45, 7) is 2.15. The number of rotatable bonds is 6. The topological polar surface area (TPSA) is 106 Å². The Morgan fingerprint density at radius 1 is 1.28 bits per heavy atom. The van der Waals surface area contributed by atoms with E-state index in [0.29, 0.717) is 17.2 Å². The van der Waals surface area contributed by atoms with Crippen molar-refractivity contribution >= 4 is 32.7 Å². The zero-order chi connectivity index (χ0) is 20.8. The van der Waals surface area contributed by atoms with Crippen LogP contribution in [0.25, 0.3) is 11.0 Å². The Bertz CT molecular complexity index is 1210. The number of amides is 1. The molecule has 1 aliphatic carbocycles. The minimum absolute atomic E-state index is 0.197. The van der Waals surface area contributed by atoms with Gasteiger partial charge in [-0.25, -0.2) is 13.4 Å². The first-order valence-electron chi connectivity index (χ1n) is 9.40. The number of benzene rings is 1. The molecule has 0 spiro atoms. The molecule has 9 heteroatoms. The molecule has 0 unspecified atom stereocenters. The second kappa shape index (κ2) is 7.14. The Hall–Kier alpha value is -2.94. The average Bonchev–Trinajstić information content (AvgIpc) is 3.45. The van der Waals surface area contributed by atoms with Crippen LogP contribution in [0.3, 0.4) is 0 Å². The van der Waals surface area contributed by atoms with Crippen LogP contribution in [0.15, 0.2) is 30.3 Å². The lowest BCUT2D eigenvalue weighted by molar-refractivity contribution is 0.0952. The van der Waals surface area contributed by atoms with Crippen molar-refractivity contribution in [2.24, 2.45) is 7.05 Å². The fraction of sp³-hybridized carbons (Fsp3) is 0.350. The maximum Gasteiger partial charge on any atom is 0.252 e. The second-order valence-corrected chi connectivity index (χ2v) is 9.28. The number of nitrogens with one attached hydrogen (secondary N) is 2. The Labute approximate surface area is 169 Å². The summed E-state index contributed by atoms with van der Waals surface area (Å²) >= 11 is 0. The molecular formula is C20H23N5O3S. The van der Waals surface area contributed by atoms with Gasteiger partial charge in [-0.2, -0.15) is 5.10 Å². The molecule has 1 aliphatic rings. The van der Waals surface area contributed by atoms with Gasteiger partial charge < -0.3 is 5.32 Å². The van der Waals surface area contributed by atoms with Gasteiger partial charge in [0.25, 0.3) is 5.91 Å². The number of hydrogen-bond acceptors (Lipinski definition) is 5. The van der Waals surface area contributed by atoms with Crippen molar-refractivity contribution in [3.8, 4) is 0 Å². The number of fused-ring (bicyclic) bond motifs is 1. The third-order valence-electron chi connectivity index (χ3n) is 4.91. The highest BCUT2D eigenvalue weighted by atomic mass is 32.2. The van der Waals surface area contributed by atoms with Gasteiger partial charge in [-0.05, 0) is 43.5 Å². The summed E-state index contributed by atoms with van der Waals surface area (Å²) in [5, 5.41) is 8.13. The maximum atomic E-state index is 13.0. The Kier molecular flexibility index (Phi) is 4.77. The molecule has 2 heterocycles. The fourth-order valence-corrected chi connectivity index (χ4v) is 4.02. The van der Waals surface area contributed by atoms with Gasteiger partial charge in [0, 0.05) is 30.9 Å². The van der Waals surface area contributed by atoms with E-state index >= 15 is 0 Å². The normalized spacial score (nSPS) is 14.2. The predicted octanol–water partition coefficient (Wildman–Crippen LogP) is 2.46. The summed E-state index contributed by atoms with van der Waals surface area (Å²) in [4.78, 5) is 17.7. The van der Waals surface area contributed by atoms with Crippen LogP contribution in [0, 0.1) is 6.92 Å². The molecule has 8 nitrogen and oxygen atoms in total. The molecule has 29 heavy (non-hydrogen) atoms. The number of anilines is 1. The summed E-state index contributed by atoms with van der Waals surface area (Å²) in [6, 6.07) is 8.83. The molecule has 2 N–H and O–H groups in total. The highest BCUT2D eigenvalue weighted by Gasteiger charge is 2.28. The number of nitrogens with zero attached hydrogens (tertiary/aromatic N) is 3. The van der Waals surface area contributed by atoms with E-state index in [1.54, 1.807) is 22.9 Å².